The lowest BCUT2D eigenvalue weighted by atomic mass is 10.0. The third kappa shape index (κ3) is 5.68. The fourth-order valence-electron chi connectivity index (χ4n) is 2.80. The molecule has 1 nitrogen and oxygen atoms in total. The first kappa shape index (κ1) is 16.3. The normalized spacial score (nSPS) is 23.4. The third-order valence-electron chi connectivity index (χ3n) is 3.76. The van der Waals surface area contributed by atoms with Crippen LogP contribution in [0, 0.1) is 5.92 Å². The Kier molecular flexibility index (Phi) is 7.78. The summed E-state index contributed by atoms with van der Waals surface area (Å²) in [6.45, 7) is 2.72. The van der Waals surface area contributed by atoms with Crippen LogP contribution in [0.25, 0.3) is 0 Å². The number of hydrogen-bond donors (Lipinski definition) is 0. The van der Waals surface area contributed by atoms with Crippen LogP contribution in [0.3, 0.4) is 0 Å². The van der Waals surface area contributed by atoms with Gasteiger partial charge in [0.05, 0.1) is 11.2 Å². The smallest absolute Gasteiger partial charge is 0.220 e. The lowest BCUT2D eigenvalue weighted by Gasteiger charge is -2.28. The summed E-state index contributed by atoms with van der Waals surface area (Å²) < 4.78 is 7.06. The van der Waals surface area contributed by atoms with Crippen LogP contribution in [-0.2, 0) is 4.74 Å². The molecule has 1 heterocycles. The molecular formula is C14H24OS4. The minimum Gasteiger partial charge on any atom is -0.479 e. The van der Waals surface area contributed by atoms with E-state index in [9.17, 15) is 0 Å². The van der Waals surface area contributed by atoms with E-state index in [1.165, 1.54) is 50.0 Å². The van der Waals surface area contributed by atoms with Crippen molar-refractivity contribution in [2.45, 2.75) is 55.3 Å². The van der Waals surface area contributed by atoms with Crippen molar-refractivity contribution < 1.29 is 4.74 Å². The van der Waals surface area contributed by atoms with Crippen LogP contribution in [0.5, 0.6) is 0 Å². The molecule has 0 N–H and O–H groups in total. The van der Waals surface area contributed by atoms with E-state index in [-0.39, 0.29) is 0 Å². The second-order valence-corrected chi connectivity index (χ2v) is 9.91. The Hall–Kier alpha value is 0.940. The van der Waals surface area contributed by atoms with Crippen LogP contribution in [0.2, 0.25) is 0 Å². The summed E-state index contributed by atoms with van der Waals surface area (Å²) in [5.41, 5.74) is 0. The average Bonchev–Trinajstić information content (AvgIpc) is 2.93. The molecule has 0 aromatic carbocycles. The van der Waals surface area contributed by atoms with Gasteiger partial charge in [-0.15, -0.1) is 23.5 Å². The lowest BCUT2D eigenvalue weighted by molar-refractivity contribution is 0.345. The minimum absolute atomic E-state index is 0.685. The number of ether oxygens (including phenoxy) is 1. The molecule has 110 valence electrons. The summed E-state index contributed by atoms with van der Waals surface area (Å²) in [6, 6.07) is 0. The molecule has 0 spiro atoms. The highest BCUT2D eigenvalue weighted by molar-refractivity contribution is 8.23. The zero-order valence-corrected chi connectivity index (χ0v) is 14.9. The largest absolute Gasteiger partial charge is 0.479 e. The van der Waals surface area contributed by atoms with Gasteiger partial charge in [0.25, 0.3) is 0 Å². The highest BCUT2D eigenvalue weighted by Crippen LogP contribution is 2.42. The number of hydrogen-bond acceptors (Lipinski definition) is 5. The molecule has 1 saturated heterocycles. The Morgan fingerprint density at radius 3 is 2.58 bits per heavy atom. The van der Waals surface area contributed by atoms with Crippen LogP contribution in [-0.4, -0.2) is 32.3 Å². The average molecular weight is 337 g/mol. The van der Waals surface area contributed by atoms with E-state index in [0.29, 0.717) is 11.9 Å². The van der Waals surface area contributed by atoms with Gasteiger partial charge in [-0.1, -0.05) is 24.6 Å². The molecule has 0 amide bonds. The Morgan fingerprint density at radius 2 is 1.95 bits per heavy atom. The summed E-state index contributed by atoms with van der Waals surface area (Å²) >= 11 is 11.5. The molecule has 0 bridgehead atoms. The summed E-state index contributed by atoms with van der Waals surface area (Å²) in [5.74, 6) is 3.55. The highest BCUT2D eigenvalue weighted by Gasteiger charge is 2.30. The van der Waals surface area contributed by atoms with Crippen LogP contribution < -0.4 is 0 Å². The van der Waals surface area contributed by atoms with Gasteiger partial charge in [-0.3, -0.25) is 0 Å². The molecule has 19 heavy (non-hydrogen) atoms. The monoisotopic (exact) mass is 336 g/mol. The second-order valence-electron chi connectivity index (χ2n) is 5.14. The summed E-state index contributed by atoms with van der Waals surface area (Å²) in [4.78, 5) is 0. The predicted octanol–water partition coefficient (Wildman–Crippen LogP) is 5.19. The highest BCUT2D eigenvalue weighted by atomic mass is 32.2. The van der Waals surface area contributed by atoms with E-state index in [1.54, 1.807) is 0 Å². The second kappa shape index (κ2) is 9.06. The van der Waals surface area contributed by atoms with Crippen molar-refractivity contribution in [2.24, 2.45) is 5.92 Å². The zero-order valence-electron chi connectivity index (χ0n) is 11.6. The van der Waals surface area contributed by atoms with Gasteiger partial charge in [-0.2, -0.15) is 0 Å². The standard InChI is InChI=1S/C14H24OS4/c1-2-15-14(16)19-12(11-6-3-4-7-11)10-13-17-8-5-9-18-13/h11-13H,2-10H2,1H3. The summed E-state index contributed by atoms with van der Waals surface area (Å²) in [5, 5.41) is 0.685. The third-order valence-corrected chi connectivity index (χ3v) is 8.35. The zero-order chi connectivity index (χ0) is 13.5. The number of thiocarbonyl (C=S) groups is 1. The van der Waals surface area contributed by atoms with Crippen LogP contribution in [0.4, 0.5) is 0 Å². The van der Waals surface area contributed by atoms with Gasteiger partial charge in [0.2, 0.25) is 4.38 Å². The van der Waals surface area contributed by atoms with Gasteiger partial charge in [0.15, 0.2) is 0 Å². The van der Waals surface area contributed by atoms with E-state index in [2.05, 4.69) is 23.5 Å². The SMILES string of the molecule is CCOC(=S)SC(CC1SCCCS1)C1CCCC1. The van der Waals surface area contributed by atoms with Crippen molar-refractivity contribution in [3.05, 3.63) is 0 Å². The predicted molar refractivity (Wildman–Crippen MR) is 95.5 cm³/mol. The first-order valence-electron chi connectivity index (χ1n) is 7.36. The van der Waals surface area contributed by atoms with Crippen LogP contribution in [0.1, 0.15) is 45.4 Å². The molecule has 1 atom stereocenters. The number of thioether (sulfide) groups is 3. The molecule has 1 unspecified atom stereocenters. The van der Waals surface area contributed by atoms with Crippen molar-refractivity contribution in [1.82, 2.24) is 0 Å². The number of rotatable bonds is 5. The molecular weight excluding hydrogens is 312 g/mol. The van der Waals surface area contributed by atoms with Gasteiger partial charge in [0, 0.05) is 5.25 Å². The maximum absolute atomic E-state index is 5.50. The van der Waals surface area contributed by atoms with Crippen molar-refractivity contribution in [1.29, 1.82) is 0 Å². The lowest BCUT2D eigenvalue weighted by Crippen LogP contribution is -2.22. The summed E-state index contributed by atoms with van der Waals surface area (Å²) in [7, 11) is 0. The Labute approximate surface area is 135 Å². The van der Waals surface area contributed by atoms with Gasteiger partial charge in [0.1, 0.15) is 0 Å². The van der Waals surface area contributed by atoms with Crippen LogP contribution >= 0.6 is 47.5 Å². The molecule has 2 aliphatic rings. The van der Waals surface area contributed by atoms with Gasteiger partial charge < -0.3 is 4.74 Å². The minimum atomic E-state index is 0.685. The first-order chi connectivity index (χ1) is 9.29. The van der Waals surface area contributed by atoms with E-state index in [0.717, 1.165) is 14.9 Å². The Balaban J connectivity index is 1.86. The van der Waals surface area contributed by atoms with E-state index in [4.69, 9.17) is 17.0 Å². The molecule has 1 saturated carbocycles. The molecule has 2 fully saturated rings. The molecule has 1 aliphatic carbocycles. The van der Waals surface area contributed by atoms with Crippen molar-refractivity contribution in [3.8, 4) is 0 Å². The van der Waals surface area contributed by atoms with E-state index >= 15 is 0 Å². The molecule has 5 heteroatoms. The van der Waals surface area contributed by atoms with Gasteiger partial charge >= 0.3 is 0 Å². The van der Waals surface area contributed by atoms with Crippen molar-refractivity contribution >= 4 is 51.9 Å². The summed E-state index contributed by atoms with van der Waals surface area (Å²) in [6.07, 6.45) is 8.30. The molecule has 0 aromatic rings. The fraction of sp³-hybridized carbons (Fsp3) is 0.929. The first-order valence-corrected chi connectivity index (χ1v) is 10.7. The van der Waals surface area contributed by atoms with E-state index in [1.807, 2.05) is 18.7 Å². The van der Waals surface area contributed by atoms with Crippen LogP contribution in [0.15, 0.2) is 0 Å². The Morgan fingerprint density at radius 1 is 1.26 bits per heavy atom. The molecule has 0 aromatic heterocycles. The van der Waals surface area contributed by atoms with E-state index < -0.39 is 0 Å². The molecule has 2 rings (SSSR count). The fourth-order valence-corrected chi connectivity index (χ4v) is 7.70. The maximum atomic E-state index is 5.50. The van der Waals surface area contributed by atoms with Gasteiger partial charge in [-0.05, 0) is 62.2 Å². The Bertz CT molecular complexity index is 273. The van der Waals surface area contributed by atoms with Crippen molar-refractivity contribution in [2.75, 3.05) is 18.1 Å². The molecule has 0 radical (unpaired) electrons. The molecule has 1 aliphatic heterocycles. The topological polar surface area (TPSA) is 9.23 Å². The van der Waals surface area contributed by atoms with Crippen molar-refractivity contribution in [3.63, 3.8) is 0 Å². The quantitative estimate of drug-likeness (QED) is 0.637. The van der Waals surface area contributed by atoms with Gasteiger partial charge in [-0.25, -0.2) is 0 Å². The maximum Gasteiger partial charge on any atom is 0.220 e.